The van der Waals surface area contributed by atoms with Gasteiger partial charge in [0.1, 0.15) is 0 Å². The average Bonchev–Trinajstić information content (AvgIpc) is 2.46. The summed E-state index contributed by atoms with van der Waals surface area (Å²) < 4.78 is 5.77. The molecule has 1 N–H and O–H groups in total. The molecule has 2 unspecified atom stereocenters. The molecule has 2 heteroatoms. The van der Waals surface area contributed by atoms with Gasteiger partial charge in [0, 0.05) is 13.2 Å². The first-order valence-corrected chi connectivity index (χ1v) is 7.84. The molecule has 0 spiro atoms. The lowest BCUT2D eigenvalue weighted by atomic mass is 9.87. The Morgan fingerprint density at radius 1 is 1.15 bits per heavy atom. The van der Waals surface area contributed by atoms with E-state index >= 15 is 0 Å². The molecular formula is C18H31NO. The molecule has 2 nitrogen and oxygen atoms in total. The predicted octanol–water partition coefficient (Wildman–Crippen LogP) is 4.15. The summed E-state index contributed by atoms with van der Waals surface area (Å²) >= 11 is 0. The molecular weight excluding hydrogens is 246 g/mol. The Labute approximate surface area is 124 Å². The van der Waals surface area contributed by atoms with Crippen LogP contribution >= 0.6 is 0 Å². The van der Waals surface area contributed by atoms with E-state index in [4.69, 9.17) is 4.74 Å². The van der Waals surface area contributed by atoms with Crippen LogP contribution < -0.4 is 5.32 Å². The van der Waals surface area contributed by atoms with Gasteiger partial charge in [-0.3, -0.25) is 0 Å². The SMILES string of the molecule is CCNC(Cc1ccc(C(C)C)cc1)C(C)(CC)OC. The highest BCUT2D eigenvalue weighted by Gasteiger charge is 2.31. The van der Waals surface area contributed by atoms with Crippen LogP contribution in [0.1, 0.15) is 58.1 Å². The lowest BCUT2D eigenvalue weighted by molar-refractivity contribution is -0.0283. The van der Waals surface area contributed by atoms with Crippen LogP contribution in [0.15, 0.2) is 24.3 Å². The molecule has 20 heavy (non-hydrogen) atoms. The molecule has 0 saturated carbocycles. The zero-order chi connectivity index (χ0) is 15.2. The summed E-state index contributed by atoms with van der Waals surface area (Å²) in [7, 11) is 1.82. The van der Waals surface area contributed by atoms with Gasteiger partial charge in [0.25, 0.3) is 0 Å². The zero-order valence-electron chi connectivity index (χ0n) is 14.0. The van der Waals surface area contributed by atoms with Gasteiger partial charge in [-0.1, -0.05) is 52.0 Å². The number of nitrogens with one attached hydrogen (secondary N) is 1. The van der Waals surface area contributed by atoms with E-state index in [-0.39, 0.29) is 5.60 Å². The first-order valence-electron chi connectivity index (χ1n) is 7.84. The number of likely N-dealkylation sites (N-methyl/N-ethyl adjacent to an activating group) is 1. The highest BCUT2D eigenvalue weighted by molar-refractivity contribution is 5.25. The van der Waals surface area contributed by atoms with E-state index in [0.717, 1.165) is 19.4 Å². The largest absolute Gasteiger partial charge is 0.377 e. The van der Waals surface area contributed by atoms with Gasteiger partial charge in [0.15, 0.2) is 0 Å². The molecule has 0 amide bonds. The maximum Gasteiger partial charge on any atom is 0.0803 e. The number of methoxy groups -OCH3 is 1. The van der Waals surface area contributed by atoms with E-state index in [2.05, 4.69) is 64.2 Å². The fraction of sp³-hybridized carbons (Fsp3) is 0.667. The summed E-state index contributed by atoms with van der Waals surface area (Å²) in [5.41, 5.74) is 2.66. The van der Waals surface area contributed by atoms with Crippen LogP contribution in [0.5, 0.6) is 0 Å². The van der Waals surface area contributed by atoms with Crippen molar-refractivity contribution >= 4 is 0 Å². The molecule has 0 aromatic heterocycles. The Kier molecular flexibility index (Phi) is 6.70. The van der Waals surface area contributed by atoms with Crippen molar-refractivity contribution in [2.75, 3.05) is 13.7 Å². The highest BCUT2D eigenvalue weighted by Crippen LogP contribution is 2.23. The molecule has 0 aliphatic carbocycles. The van der Waals surface area contributed by atoms with Crippen molar-refractivity contribution < 1.29 is 4.74 Å². The first-order chi connectivity index (χ1) is 9.46. The molecule has 0 saturated heterocycles. The third kappa shape index (κ3) is 4.32. The first kappa shape index (κ1) is 17.2. The van der Waals surface area contributed by atoms with Crippen LogP contribution in [-0.4, -0.2) is 25.3 Å². The van der Waals surface area contributed by atoms with Crippen molar-refractivity contribution in [2.45, 2.75) is 65.0 Å². The molecule has 1 rings (SSSR count). The fourth-order valence-corrected chi connectivity index (χ4v) is 2.56. The molecule has 114 valence electrons. The number of ether oxygens (including phenoxy) is 1. The quantitative estimate of drug-likeness (QED) is 0.771. The van der Waals surface area contributed by atoms with E-state index in [1.165, 1.54) is 11.1 Å². The maximum atomic E-state index is 5.77. The molecule has 0 heterocycles. The molecule has 2 atom stereocenters. The average molecular weight is 277 g/mol. The zero-order valence-corrected chi connectivity index (χ0v) is 14.0. The molecule has 0 radical (unpaired) electrons. The van der Waals surface area contributed by atoms with Crippen molar-refractivity contribution in [2.24, 2.45) is 0 Å². The minimum atomic E-state index is -0.118. The molecule has 1 aromatic carbocycles. The van der Waals surface area contributed by atoms with Crippen LogP contribution in [0.2, 0.25) is 0 Å². The highest BCUT2D eigenvalue weighted by atomic mass is 16.5. The van der Waals surface area contributed by atoms with Crippen LogP contribution in [0.3, 0.4) is 0 Å². The number of rotatable bonds is 8. The summed E-state index contributed by atoms with van der Waals surface area (Å²) in [6.07, 6.45) is 2.01. The number of hydrogen-bond donors (Lipinski definition) is 1. The normalized spacial score (nSPS) is 16.1. The van der Waals surface area contributed by atoms with Gasteiger partial charge in [-0.2, -0.15) is 0 Å². The number of hydrogen-bond acceptors (Lipinski definition) is 2. The van der Waals surface area contributed by atoms with Crippen molar-refractivity contribution in [3.05, 3.63) is 35.4 Å². The second-order valence-electron chi connectivity index (χ2n) is 6.08. The van der Waals surface area contributed by atoms with E-state index in [0.29, 0.717) is 12.0 Å². The van der Waals surface area contributed by atoms with Gasteiger partial charge < -0.3 is 10.1 Å². The molecule has 0 bridgehead atoms. The Morgan fingerprint density at radius 2 is 1.75 bits per heavy atom. The smallest absolute Gasteiger partial charge is 0.0803 e. The van der Waals surface area contributed by atoms with Crippen molar-refractivity contribution in [3.63, 3.8) is 0 Å². The Bertz CT molecular complexity index is 379. The van der Waals surface area contributed by atoms with Crippen molar-refractivity contribution in [1.29, 1.82) is 0 Å². The minimum absolute atomic E-state index is 0.118. The monoisotopic (exact) mass is 277 g/mol. The van der Waals surface area contributed by atoms with Crippen molar-refractivity contribution in [1.82, 2.24) is 5.32 Å². The summed E-state index contributed by atoms with van der Waals surface area (Å²) in [5, 5.41) is 3.59. The van der Waals surface area contributed by atoms with E-state index in [1.807, 2.05) is 7.11 Å². The lowest BCUT2D eigenvalue weighted by Crippen LogP contribution is -2.51. The molecule has 0 fully saturated rings. The summed E-state index contributed by atoms with van der Waals surface area (Å²) in [4.78, 5) is 0. The van der Waals surface area contributed by atoms with Crippen LogP contribution in [0, 0.1) is 0 Å². The van der Waals surface area contributed by atoms with E-state index < -0.39 is 0 Å². The van der Waals surface area contributed by atoms with Gasteiger partial charge in [-0.05, 0) is 43.4 Å². The fourth-order valence-electron chi connectivity index (χ4n) is 2.56. The van der Waals surface area contributed by atoms with Gasteiger partial charge in [-0.25, -0.2) is 0 Å². The van der Waals surface area contributed by atoms with Crippen molar-refractivity contribution in [3.8, 4) is 0 Å². The van der Waals surface area contributed by atoms with Crippen LogP contribution in [0.4, 0.5) is 0 Å². The molecule has 1 aromatic rings. The summed E-state index contributed by atoms with van der Waals surface area (Å²) in [5.74, 6) is 0.591. The van der Waals surface area contributed by atoms with Gasteiger partial charge in [0.05, 0.1) is 5.60 Å². The minimum Gasteiger partial charge on any atom is -0.377 e. The third-order valence-corrected chi connectivity index (χ3v) is 4.44. The number of benzene rings is 1. The Hall–Kier alpha value is -0.860. The van der Waals surface area contributed by atoms with Crippen LogP contribution in [-0.2, 0) is 11.2 Å². The van der Waals surface area contributed by atoms with Gasteiger partial charge in [0.2, 0.25) is 0 Å². The Balaban J connectivity index is 2.84. The molecule has 0 aliphatic rings. The van der Waals surface area contributed by atoms with Gasteiger partial charge >= 0.3 is 0 Å². The predicted molar refractivity (Wildman–Crippen MR) is 87.4 cm³/mol. The lowest BCUT2D eigenvalue weighted by Gasteiger charge is -2.36. The van der Waals surface area contributed by atoms with E-state index in [9.17, 15) is 0 Å². The summed E-state index contributed by atoms with van der Waals surface area (Å²) in [6, 6.07) is 9.35. The maximum absolute atomic E-state index is 5.77. The topological polar surface area (TPSA) is 21.3 Å². The van der Waals surface area contributed by atoms with E-state index in [1.54, 1.807) is 0 Å². The second kappa shape index (κ2) is 7.80. The second-order valence-corrected chi connectivity index (χ2v) is 6.08. The van der Waals surface area contributed by atoms with Gasteiger partial charge in [-0.15, -0.1) is 0 Å². The summed E-state index contributed by atoms with van der Waals surface area (Å²) in [6.45, 7) is 12.0. The standard InChI is InChI=1S/C18H31NO/c1-7-18(5,20-6)17(19-8-2)13-15-9-11-16(12-10-15)14(3)4/h9-12,14,17,19H,7-8,13H2,1-6H3. The third-order valence-electron chi connectivity index (χ3n) is 4.44. The molecule has 0 aliphatic heterocycles. The Morgan fingerprint density at radius 3 is 2.15 bits per heavy atom. The van der Waals surface area contributed by atoms with Crippen LogP contribution in [0.25, 0.3) is 0 Å².